The summed E-state index contributed by atoms with van der Waals surface area (Å²) in [5.74, 6) is -0.917. The first-order valence-electron chi connectivity index (χ1n) is 8.84. The lowest BCUT2D eigenvalue weighted by atomic mass is 10.1. The summed E-state index contributed by atoms with van der Waals surface area (Å²) in [7, 11) is -3.11. The van der Waals surface area contributed by atoms with E-state index in [2.05, 4.69) is 15.9 Å². The van der Waals surface area contributed by atoms with Crippen molar-refractivity contribution in [2.75, 3.05) is 18.1 Å². The SMILES string of the molecule is CCC(C)N(C(=O)COC(=O)/C=C/c1ccc(Br)cc1)C1CCS(=O)(=O)C1. The molecular formula is C19H24BrNO5S. The third-order valence-electron chi connectivity index (χ3n) is 4.58. The highest BCUT2D eigenvalue weighted by Crippen LogP contribution is 2.21. The van der Waals surface area contributed by atoms with Gasteiger partial charge in [-0.05, 0) is 43.5 Å². The summed E-state index contributed by atoms with van der Waals surface area (Å²) in [4.78, 5) is 26.0. The lowest BCUT2D eigenvalue weighted by Gasteiger charge is -2.33. The summed E-state index contributed by atoms with van der Waals surface area (Å²) in [6, 6.07) is 6.92. The summed E-state index contributed by atoms with van der Waals surface area (Å²) in [5.41, 5.74) is 0.832. The highest BCUT2D eigenvalue weighted by atomic mass is 79.9. The van der Waals surface area contributed by atoms with Crippen LogP contribution in [0.1, 0.15) is 32.3 Å². The zero-order valence-corrected chi connectivity index (χ0v) is 17.8. The Hall–Kier alpha value is -1.67. The van der Waals surface area contributed by atoms with Gasteiger partial charge in [-0.2, -0.15) is 0 Å². The van der Waals surface area contributed by atoms with Gasteiger partial charge in [-0.15, -0.1) is 0 Å². The first-order chi connectivity index (χ1) is 12.7. The molecule has 2 rings (SSSR count). The fraction of sp³-hybridized carbons (Fsp3) is 0.474. The first kappa shape index (κ1) is 21.6. The van der Waals surface area contributed by atoms with E-state index < -0.39 is 22.4 Å². The number of carbonyl (C=O) groups is 2. The second-order valence-electron chi connectivity index (χ2n) is 6.61. The van der Waals surface area contributed by atoms with Crippen molar-refractivity contribution in [1.29, 1.82) is 0 Å². The van der Waals surface area contributed by atoms with Crippen LogP contribution in [-0.4, -0.2) is 55.4 Å². The highest BCUT2D eigenvalue weighted by Gasteiger charge is 2.36. The first-order valence-corrected chi connectivity index (χ1v) is 11.4. The predicted molar refractivity (Wildman–Crippen MR) is 108 cm³/mol. The molecule has 0 radical (unpaired) electrons. The molecule has 0 aliphatic carbocycles. The van der Waals surface area contributed by atoms with Crippen LogP contribution >= 0.6 is 15.9 Å². The molecule has 0 spiro atoms. The minimum absolute atomic E-state index is 0.0273. The van der Waals surface area contributed by atoms with E-state index in [1.807, 2.05) is 38.1 Å². The van der Waals surface area contributed by atoms with Crippen molar-refractivity contribution in [2.45, 2.75) is 38.8 Å². The number of nitrogens with zero attached hydrogens (tertiary/aromatic N) is 1. The van der Waals surface area contributed by atoms with E-state index in [0.29, 0.717) is 12.8 Å². The second kappa shape index (κ2) is 9.50. The van der Waals surface area contributed by atoms with Crippen molar-refractivity contribution in [1.82, 2.24) is 4.90 Å². The van der Waals surface area contributed by atoms with Gasteiger partial charge in [-0.25, -0.2) is 13.2 Å². The topological polar surface area (TPSA) is 80.8 Å². The molecule has 1 aliphatic heterocycles. The molecular weight excluding hydrogens is 434 g/mol. The van der Waals surface area contributed by atoms with Crippen molar-refractivity contribution in [2.24, 2.45) is 0 Å². The molecule has 0 N–H and O–H groups in total. The maximum atomic E-state index is 12.6. The van der Waals surface area contributed by atoms with E-state index in [4.69, 9.17) is 4.74 Å². The zero-order valence-electron chi connectivity index (χ0n) is 15.4. The minimum Gasteiger partial charge on any atom is -0.452 e. The molecule has 27 heavy (non-hydrogen) atoms. The van der Waals surface area contributed by atoms with Crippen molar-refractivity contribution >= 4 is 43.7 Å². The van der Waals surface area contributed by atoms with Gasteiger partial charge in [-0.3, -0.25) is 4.79 Å². The number of hydrogen-bond acceptors (Lipinski definition) is 5. The largest absolute Gasteiger partial charge is 0.452 e. The lowest BCUT2D eigenvalue weighted by molar-refractivity contribution is -0.150. The summed E-state index contributed by atoms with van der Waals surface area (Å²) >= 11 is 3.34. The van der Waals surface area contributed by atoms with Gasteiger partial charge in [0.1, 0.15) is 0 Å². The highest BCUT2D eigenvalue weighted by molar-refractivity contribution is 9.10. The van der Waals surface area contributed by atoms with Gasteiger partial charge in [0.05, 0.1) is 11.5 Å². The third kappa shape index (κ3) is 6.46. The molecule has 1 aromatic rings. The van der Waals surface area contributed by atoms with Gasteiger partial charge in [0, 0.05) is 22.6 Å². The maximum absolute atomic E-state index is 12.6. The van der Waals surface area contributed by atoms with E-state index >= 15 is 0 Å². The number of amides is 1. The quantitative estimate of drug-likeness (QED) is 0.464. The Morgan fingerprint density at radius 2 is 2.00 bits per heavy atom. The Kier molecular flexibility index (Phi) is 7.61. The van der Waals surface area contributed by atoms with Gasteiger partial charge in [-0.1, -0.05) is 35.0 Å². The Labute approximate surface area is 168 Å². The Morgan fingerprint density at radius 3 is 2.56 bits per heavy atom. The fourth-order valence-corrected chi connectivity index (χ4v) is 4.97. The maximum Gasteiger partial charge on any atom is 0.331 e. The van der Waals surface area contributed by atoms with E-state index in [1.54, 1.807) is 11.0 Å². The van der Waals surface area contributed by atoms with Crippen LogP contribution in [0.5, 0.6) is 0 Å². The number of sulfone groups is 1. The molecule has 2 atom stereocenters. The normalized spacial score (nSPS) is 19.7. The number of carbonyl (C=O) groups excluding carboxylic acids is 2. The monoisotopic (exact) mass is 457 g/mol. The van der Waals surface area contributed by atoms with Crippen LogP contribution < -0.4 is 0 Å². The Balaban J connectivity index is 1.94. The molecule has 1 amide bonds. The molecule has 0 aromatic heterocycles. The van der Waals surface area contributed by atoms with Crippen LogP contribution in [0.2, 0.25) is 0 Å². The van der Waals surface area contributed by atoms with Crippen LogP contribution in [0, 0.1) is 0 Å². The number of benzene rings is 1. The van der Waals surface area contributed by atoms with Crippen LogP contribution in [-0.2, 0) is 24.2 Å². The van der Waals surface area contributed by atoms with Crippen LogP contribution in [0.15, 0.2) is 34.8 Å². The standard InChI is InChI=1S/C19H24BrNO5S/c1-3-14(2)21(17-10-11-27(24,25)13-17)18(22)12-26-19(23)9-6-15-4-7-16(20)8-5-15/h4-9,14,17H,3,10-13H2,1-2H3/b9-6+. The van der Waals surface area contributed by atoms with Crippen LogP contribution in [0.3, 0.4) is 0 Å². The number of rotatable bonds is 7. The molecule has 6 nitrogen and oxygen atoms in total. The van der Waals surface area contributed by atoms with Gasteiger partial charge >= 0.3 is 5.97 Å². The smallest absolute Gasteiger partial charge is 0.331 e. The molecule has 1 fully saturated rings. The fourth-order valence-electron chi connectivity index (χ4n) is 2.99. The predicted octanol–water partition coefficient (Wildman–Crippen LogP) is 2.82. The number of ether oxygens (including phenoxy) is 1. The van der Waals surface area contributed by atoms with Gasteiger partial charge in [0.25, 0.3) is 5.91 Å². The van der Waals surface area contributed by atoms with Crippen LogP contribution in [0.4, 0.5) is 0 Å². The molecule has 148 valence electrons. The summed E-state index contributed by atoms with van der Waals surface area (Å²) in [6.07, 6.45) is 3.99. The molecule has 0 bridgehead atoms. The van der Waals surface area contributed by atoms with Gasteiger partial charge in [0.15, 0.2) is 16.4 Å². The zero-order chi connectivity index (χ0) is 20.0. The number of halogens is 1. The summed E-state index contributed by atoms with van der Waals surface area (Å²) in [6.45, 7) is 3.41. The van der Waals surface area contributed by atoms with Gasteiger partial charge in [0.2, 0.25) is 0 Å². The molecule has 2 unspecified atom stereocenters. The second-order valence-corrected chi connectivity index (χ2v) is 9.75. The van der Waals surface area contributed by atoms with Crippen molar-refractivity contribution in [3.05, 3.63) is 40.4 Å². The average molecular weight is 458 g/mol. The molecule has 1 heterocycles. The number of esters is 1. The average Bonchev–Trinajstić information content (AvgIpc) is 2.98. The van der Waals surface area contributed by atoms with E-state index in [9.17, 15) is 18.0 Å². The van der Waals surface area contributed by atoms with E-state index in [0.717, 1.165) is 10.0 Å². The van der Waals surface area contributed by atoms with E-state index in [-0.39, 0.29) is 29.5 Å². The van der Waals surface area contributed by atoms with E-state index in [1.165, 1.54) is 6.08 Å². The molecule has 1 aromatic carbocycles. The van der Waals surface area contributed by atoms with Crippen LogP contribution in [0.25, 0.3) is 6.08 Å². The molecule has 1 saturated heterocycles. The van der Waals surface area contributed by atoms with Gasteiger partial charge < -0.3 is 9.64 Å². The molecule has 1 aliphatic rings. The van der Waals surface area contributed by atoms with Crippen molar-refractivity contribution < 1.29 is 22.7 Å². The lowest BCUT2D eigenvalue weighted by Crippen LogP contribution is -2.48. The molecule has 8 heteroatoms. The Bertz CT molecular complexity index is 804. The number of hydrogen-bond donors (Lipinski definition) is 0. The van der Waals surface area contributed by atoms with Crippen molar-refractivity contribution in [3.8, 4) is 0 Å². The molecule has 0 saturated carbocycles. The Morgan fingerprint density at radius 1 is 1.33 bits per heavy atom. The third-order valence-corrected chi connectivity index (χ3v) is 6.85. The summed E-state index contributed by atoms with van der Waals surface area (Å²) in [5, 5.41) is 0. The minimum atomic E-state index is -3.11. The van der Waals surface area contributed by atoms with Crippen molar-refractivity contribution in [3.63, 3.8) is 0 Å². The summed E-state index contributed by atoms with van der Waals surface area (Å²) < 4.78 is 29.5.